The summed E-state index contributed by atoms with van der Waals surface area (Å²) in [6.07, 6.45) is 2.37. The maximum Gasteiger partial charge on any atom is 0.258 e. The Balaban J connectivity index is 1.24. The first kappa shape index (κ1) is 17.3. The van der Waals surface area contributed by atoms with Gasteiger partial charge >= 0.3 is 0 Å². The Morgan fingerprint density at radius 3 is 2.89 bits per heavy atom. The van der Waals surface area contributed by atoms with Crippen molar-refractivity contribution in [2.45, 2.75) is 31.8 Å². The van der Waals surface area contributed by atoms with Crippen molar-refractivity contribution in [3.05, 3.63) is 70.3 Å². The number of aromatic nitrogens is 2. The van der Waals surface area contributed by atoms with Crippen molar-refractivity contribution in [3.63, 3.8) is 0 Å². The first-order valence-electron chi connectivity index (χ1n) is 9.18. The molecule has 0 aliphatic carbocycles. The fraction of sp³-hybridized carbons (Fsp3) is 0.286. The molecule has 2 heterocycles. The second-order valence-corrected chi connectivity index (χ2v) is 6.74. The number of ether oxygens (including phenoxy) is 1. The number of amides is 1. The van der Waals surface area contributed by atoms with Crippen molar-refractivity contribution in [2.75, 3.05) is 6.54 Å². The van der Waals surface area contributed by atoms with E-state index in [2.05, 4.69) is 21.4 Å². The average Bonchev–Trinajstić information content (AvgIpc) is 3.09. The monoisotopic (exact) mass is 363 g/mol. The van der Waals surface area contributed by atoms with Crippen LogP contribution in [0.15, 0.2) is 53.3 Å². The van der Waals surface area contributed by atoms with Crippen molar-refractivity contribution in [1.29, 1.82) is 0 Å². The van der Waals surface area contributed by atoms with Crippen LogP contribution in [0, 0.1) is 0 Å². The number of nitrogens with one attached hydrogen (secondary N) is 2. The second-order valence-electron chi connectivity index (χ2n) is 6.74. The van der Waals surface area contributed by atoms with E-state index in [0.29, 0.717) is 42.5 Å². The van der Waals surface area contributed by atoms with Gasteiger partial charge in [0, 0.05) is 19.3 Å². The molecule has 27 heavy (non-hydrogen) atoms. The zero-order valence-corrected chi connectivity index (χ0v) is 14.9. The van der Waals surface area contributed by atoms with E-state index in [9.17, 15) is 9.59 Å². The molecule has 0 radical (unpaired) electrons. The minimum atomic E-state index is -0.141. The van der Waals surface area contributed by atoms with Gasteiger partial charge in [-0.25, -0.2) is 4.98 Å². The van der Waals surface area contributed by atoms with Crippen LogP contribution in [0.25, 0.3) is 10.9 Å². The van der Waals surface area contributed by atoms with Crippen molar-refractivity contribution >= 4 is 16.8 Å². The Hall–Kier alpha value is -3.15. The number of hydrogen-bond donors (Lipinski definition) is 2. The molecule has 1 aliphatic heterocycles. The van der Waals surface area contributed by atoms with E-state index in [-0.39, 0.29) is 17.6 Å². The fourth-order valence-corrected chi connectivity index (χ4v) is 3.35. The lowest BCUT2D eigenvalue weighted by molar-refractivity contribution is -0.121. The molecule has 6 nitrogen and oxygen atoms in total. The van der Waals surface area contributed by atoms with Gasteiger partial charge in [0.25, 0.3) is 5.56 Å². The summed E-state index contributed by atoms with van der Waals surface area (Å²) in [6.45, 7) is 0.499. The summed E-state index contributed by atoms with van der Waals surface area (Å²) in [7, 11) is 0. The van der Waals surface area contributed by atoms with Crippen molar-refractivity contribution < 1.29 is 9.53 Å². The highest BCUT2D eigenvalue weighted by atomic mass is 16.5. The van der Waals surface area contributed by atoms with E-state index in [1.807, 2.05) is 36.4 Å². The van der Waals surface area contributed by atoms with Crippen LogP contribution in [0.1, 0.15) is 24.2 Å². The lowest BCUT2D eigenvalue weighted by Crippen LogP contribution is -2.34. The fourth-order valence-electron chi connectivity index (χ4n) is 3.35. The van der Waals surface area contributed by atoms with Gasteiger partial charge in [-0.3, -0.25) is 9.59 Å². The molecule has 1 amide bonds. The van der Waals surface area contributed by atoms with Crippen molar-refractivity contribution in [3.8, 4) is 5.75 Å². The number of rotatable bonds is 6. The maximum atomic E-state index is 12.1. The van der Waals surface area contributed by atoms with E-state index < -0.39 is 0 Å². The smallest absolute Gasteiger partial charge is 0.258 e. The van der Waals surface area contributed by atoms with Gasteiger partial charge in [-0.2, -0.15) is 0 Å². The van der Waals surface area contributed by atoms with E-state index in [4.69, 9.17) is 4.74 Å². The highest BCUT2D eigenvalue weighted by molar-refractivity contribution is 5.77. The molecule has 1 aromatic heterocycles. The molecule has 4 rings (SSSR count). The molecule has 0 bridgehead atoms. The molecular formula is C21H21N3O3. The number of para-hydroxylation sites is 2. The summed E-state index contributed by atoms with van der Waals surface area (Å²) >= 11 is 0. The quantitative estimate of drug-likeness (QED) is 0.704. The zero-order chi connectivity index (χ0) is 18.6. The van der Waals surface area contributed by atoms with Crippen LogP contribution in [-0.4, -0.2) is 28.5 Å². The van der Waals surface area contributed by atoms with Crippen LogP contribution in [-0.2, 0) is 17.6 Å². The number of nitrogens with zero attached hydrogens (tertiary/aromatic N) is 1. The Labute approximate surface area is 156 Å². The molecule has 0 fully saturated rings. The van der Waals surface area contributed by atoms with Crippen LogP contribution >= 0.6 is 0 Å². The van der Waals surface area contributed by atoms with Crippen molar-refractivity contribution in [1.82, 2.24) is 15.3 Å². The van der Waals surface area contributed by atoms with Gasteiger partial charge in [0.1, 0.15) is 17.7 Å². The van der Waals surface area contributed by atoms with Gasteiger partial charge < -0.3 is 15.0 Å². The molecule has 2 aromatic carbocycles. The number of hydrogen-bond acceptors (Lipinski definition) is 4. The average molecular weight is 363 g/mol. The summed E-state index contributed by atoms with van der Waals surface area (Å²) in [5, 5.41) is 3.51. The number of H-pyrrole nitrogens is 1. The van der Waals surface area contributed by atoms with Gasteiger partial charge in [-0.1, -0.05) is 30.3 Å². The Morgan fingerprint density at radius 2 is 2.00 bits per heavy atom. The number of carbonyl (C=O) groups excluding carboxylic acids is 1. The number of aromatic amines is 1. The Bertz CT molecular complexity index is 1000. The lowest BCUT2D eigenvalue weighted by atomic mass is 10.1. The van der Waals surface area contributed by atoms with Crippen molar-refractivity contribution in [2.24, 2.45) is 0 Å². The summed E-state index contributed by atoms with van der Waals surface area (Å²) in [4.78, 5) is 31.4. The molecule has 1 atom stereocenters. The lowest BCUT2D eigenvalue weighted by Gasteiger charge is -2.12. The molecule has 2 N–H and O–H groups in total. The van der Waals surface area contributed by atoms with Crippen LogP contribution in [0.5, 0.6) is 5.75 Å². The number of fused-ring (bicyclic) bond motifs is 2. The normalized spacial score (nSPS) is 15.3. The van der Waals surface area contributed by atoms with Gasteiger partial charge in [0.2, 0.25) is 5.91 Å². The molecule has 1 aliphatic rings. The minimum Gasteiger partial charge on any atom is -0.488 e. The highest BCUT2D eigenvalue weighted by Gasteiger charge is 2.22. The Morgan fingerprint density at radius 1 is 1.19 bits per heavy atom. The summed E-state index contributed by atoms with van der Waals surface area (Å²) in [5.74, 6) is 1.50. The SMILES string of the molecule is O=C(CCCc1nc2ccccc2c(=O)[nH]1)NCC1Cc2ccccc2O1. The molecule has 6 heteroatoms. The third-order valence-electron chi connectivity index (χ3n) is 4.72. The first-order valence-corrected chi connectivity index (χ1v) is 9.18. The topological polar surface area (TPSA) is 84.1 Å². The van der Waals surface area contributed by atoms with Gasteiger partial charge in [-0.05, 0) is 30.2 Å². The largest absolute Gasteiger partial charge is 0.488 e. The molecule has 3 aromatic rings. The second kappa shape index (κ2) is 7.61. The number of benzene rings is 2. The predicted octanol–water partition coefficient (Wildman–Crippen LogP) is 2.37. The molecule has 0 saturated carbocycles. The van der Waals surface area contributed by atoms with Crippen LogP contribution in [0.4, 0.5) is 0 Å². The molecule has 1 unspecified atom stereocenters. The van der Waals surface area contributed by atoms with Crippen LogP contribution in [0.3, 0.4) is 0 Å². The van der Waals surface area contributed by atoms with E-state index >= 15 is 0 Å². The van der Waals surface area contributed by atoms with Gasteiger partial charge in [0.15, 0.2) is 0 Å². The number of carbonyl (C=O) groups is 1. The number of aryl methyl sites for hydroxylation is 1. The standard InChI is InChI=1S/C21H21N3O3/c25-20(22-13-15-12-14-6-1-4-9-18(14)27-15)11-5-10-19-23-17-8-3-2-7-16(17)21(26)24-19/h1-4,6-9,15H,5,10-13H2,(H,22,25)(H,23,24,26). The van der Waals surface area contributed by atoms with E-state index in [0.717, 1.165) is 12.2 Å². The van der Waals surface area contributed by atoms with Crippen LogP contribution < -0.4 is 15.6 Å². The molecular weight excluding hydrogens is 342 g/mol. The predicted molar refractivity (Wildman–Crippen MR) is 103 cm³/mol. The summed E-state index contributed by atoms with van der Waals surface area (Å²) < 4.78 is 5.82. The maximum absolute atomic E-state index is 12.1. The third kappa shape index (κ3) is 4.00. The highest BCUT2D eigenvalue weighted by Crippen LogP contribution is 2.27. The molecule has 0 spiro atoms. The summed E-state index contributed by atoms with van der Waals surface area (Å²) in [6, 6.07) is 15.2. The van der Waals surface area contributed by atoms with E-state index in [1.54, 1.807) is 6.07 Å². The van der Waals surface area contributed by atoms with Crippen LogP contribution in [0.2, 0.25) is 0 Å². The summed E-state index contributed by atoms with van der Waals surface area (Å²) in [5.41, 5.74) is 1.72. The molecule has 0 saturated heterocycles. The molecule has 138 valence electrons. The van der Waals surface area contributed by atoms with Gasteiger partial charge in [0.05, 0.1) is 17.4 Å². The van der Waals surface area contributed by atoms with E-state index in [1.165, 1.54) is 5.56 Å². The zero-order valence-electron chi connectivity index (χ0n) is 14.9. The minimum absolute atomic E-state index is 0.00939. The van der Waals surface area contributed by atoms with Gasteiger partial charge in [-0.15, -0.1) is 0 Å². The Kier molecular flexibility index (Phi) is 4.87. The third-order valence-corrected chi connectivity index (χ3v) is 4.72. The first-order chi connectivity index (χ1) is 13.2.